The van der Waals surface area contributed by atoms with Crippen LogP contribution in [0, 0.1) is 0 Å². The molecule has 1 saturated heterocycles. The summed E-state index contributed by atoms with van der Waals surface area (Å²) in [5, 5.41) is 8.87. The maximum absolute atomic E-state index is 11.5. The largest absolute Gasteiger partial charge is 0.396 e. The first kappa shape index (κ1) is 11.9. The molecule has 1 aliphatic rings. The summed E-state index contributed by atoms with van der Waals surface area (Å²) in [5.41, 5.74) is 0. The second kappa shape index (κ2) is 5.09. The molecule has 1 aliphatic heterocycles. The minimum Gasteiger partial charge on any atom is -0.396 e. The fourth-order valence-electron chi connectivity index (χ4n) is 2.02. The summed E-state index contributed by atoms with van der Waals surface area (Å²) in [6.07, 6.45) is 5.79. The first-order valence-electron chi connectivity index (χ1n) is 5.13. The van der Waals surface area contributed by atoms with Crippen molar-refractivity contribution >= 4 is 10.0 Å². The van der Waals surface area contributed by atoms with E-state index in [4.69, 9.17) is 5.11 Å². The van der Waals surface area contributed by atoms with Crippen LogP contribution in [0.1, 0.15) is 32.1 Å². The Morgan fingerprint density at radius 2 is 2.07 bits per heavy atom. The molecule has 1 atom stereocenters. The van der Waals surface area contributed by atoms with Gasteiger partial charge in [-0.3, -0.25) is 0 Å². The van der Waals surface area contributed by atoms with Crippen molar-refractivity contribution in [1.82, 2.24) is 4.31 Å². The van der Waals surface area contributed by atoms with Crippen molar-refractivity contribution in [3.8, 4) is 0 Å². The molecule has 0 aromatic carbocycles. The van der Waals surface area contributed by atoms with E-state index < -0.39 is 10.0 Å². The molecule has 1 unspecified atom stereocenters. The number of aliphatic hydroxyl groups excluding tert-OH is 1. The lowest BCUT2D eigenvalue weighted by Crippen LogP contribution is -2.39. The average Bonchev–Trinajstić information content (AvgIpc) is 2.29. The highest BCUT2D eigenvalue weighted by Gasteiger charge is 2.27. The highest BCUT2D eigenvalue weighted by molar-refractivity contribution is 7.88. The van der Waals surface area contributed by atoms with Gasteiger partial charge in [0, 0.05) is 19.2 Å². The van der Waals surface area contributed by atoms with Gasteiger partial charge in [0.1, 0.15) is 0 Å². The standard InChI is InChI=1S/C9H19NO3S/c1-14(12,13)10-7-4-2-3-5-9(10)6-8-11/h9,11H,2-8H2,1H3. The van der Waals surface area contributed by atoms with E-state index in [0.717, 1.165) is 25.7 Å². The van der Waals surface area contributed by atoms with Crippen LogP contribution in [0.15, 0.2) is 0 Å². The van der Waals surface area contributed by atoms with Crippen LogP contribution < -0.4 is 0 Å². The second-order valence-electron chi connectivity index (χ2n) is 3.89. The molecule has 1 N–H and O–H groups in total. The Kier molecular flexibility index (Phi) is 4.34. The summed E-state index contributed by atoms with van der Waals surface area (Å²) in [4.78, 5) is 0. The Morgan fingerprint density at radius 1 is 1.36 bits per heavy atom. The van der Waals surface area contributed by atoms with Crippen molar-refractivity contribution in [2.45, 2.75) is 38.1 Å². The van der Waals surface area contributed by atoms with Crippen molar-refractivity contribution in [1.29, 1.82) is 0 Å². The van der Waals surface area contributed by atoms with Gasteiger partial charge in [0.05, 0.1) is 6.26 Å². The number of hydrogen-bond acceptors (Lipinski definition) is 3. The monoisotopic (exact) mass is 221 g/mol. The lowest BCUT2D eigenvalue weighted by Gasteiger charge is -2.26. The average molecular weight is 221 g/mol. The van der Waals surface area contributed by atoms with E-state index in [9.17, 15) is 8.42 Å². The molecule has 0 bridgehead atoms. The topological polar surface area (TPSA) is 57.6 Å². The van der Waals surface area contributed by atoms with Crippen LogP contribution in [0.3, 0.4) is 0 Å². The molecule has 0 aromatic rings. The lowest BCUT2D eigenvalue weighted by atomic mass is 10.1. The third-order valence-electron chi connectivity index (χ3n) is 2.71. The van der Waals surface area contributed by atoms with E-state index >= 15 is 0 Å². The van der Waals surface area contributed by atoms with Crippen molar-refractivity contribution < 1.29 is 13.5 Å². The van der Waals surface area contributed by atoms with Crippen molar-refractivity contribution in [2.24, 2.45) is 0 Å². The Balaban J connectivity index is 2.74. The van der Waals surface area contributed by atoms with Crippen LogP contribution in [0.2, 0.25) is 0 Å². The molecule has 14 heavy (non-hydrogen) atoms. The van der Waals surface area contributed by atoms with Gasteiger partial charge in [0.25, 0.3) is 0 Å². The van der Waals surface area contributed by atoms with E-state index in [1.54, 1.807) is 4.31 Å². The van der Waals surface area contributed by atoms with Crippen LogP contribution in [-0.2, 0) is 10.0 Å². The van der Waals surface area contributed by atoms with Gasteiger partial charge in [-0.2, -0.15) is 4.31 Å². The van der Waals surface area contributed by atoms with Gasteiger partial charge < -0.3 is 5.11 Å². The van der Waals surface area contributed by atoms with Crippen LogP contribution in [0.4, 0.5) is 0 Å². The smallest absolute Gasteiger partial charge is 0.211 e. The summed E-state index contributed by atoms with van der Waals surface area (Å²) in [6.45, 7) is 0.681. The van der Waals surface area contributed by atoms with Crippen molar-refractivity contribution in [3.63, 3.8) is 0 Å². The van der Waals surface area contributed by atoms with Crippen LogP contribution in [-0.4, -0.2) is 43.3 Å². The number of rotatable bonds is 3. The third-order valence-corrected chi connectivity index (χ3v) is 4.04. The summed E-state index contributed by atoms with van der Waals surface area (Å²) in [5.74, 6) is 0. The van der Waals surface area contributed by atoms with E-state index in [0.29, 0.717) is 13.0 Å². The summed E-state index contributed by atoms with van der Waals surface area (Å²) in [7, 11) is -3.10. The molecule has 0 aromatic heterocycles. The third kappa shape index (κ3) is 3.22. The maximum atomic E-state index is 11.5. The summed E-state index contributed by atoms with van der Waals surface area (Å²) in [6, 6.07) is 0.0116. The van der Waals surface area contributed by atoms with Crippen molar-refractivity contribution in [2.75, 3.05) is 19.4 Å². The number of sulfonamides is 1. The Morgan fingerprint density at radius 3 is 2.64 bits per heavy atom. The normalized spacial score (nSPS) is 26.0. The zero-order chi connectivity index (χ0) is 10.6. The molecule has 4 nitrogen and oxygen atoms in total. The number of aliphatic hydroxyl groups is 1. The quantitative estimate of drug-likeness (QED) is 0.758. The Bertz CT molecular complexity index is 263. The zero-order valence-electron chi connectivity index (χ0n) is 8.65. The van der Waals surface area contributed by atoms with E-state index in [1.165, 1.54) is 6.26 Å². The fraction of sp³-hybridized carbons (Fsp3) is 1.00. The summed E-state index contributed by atoms with van der Waals surface area (Å²) >= 11 is 0. The highest BCUT2D eigenvalue weighted by Crippen LogP contribution is 2.21. The Labute approximate surface area is 86.0 Å². The van der Waals surface area contributed by atoms with Gasteiger partial charge in [0.2, 0.25) is 10.0 Å². The molecule has 0 saturated carbocycles. The molecule has 0 aliphatic carbocycles. The van der Waals surface area contributed by atoms with Gasteiger partial charge in [0.15, 0.2) is 0 Å². The highest BCUT2D eigenvalue weighted by atomic mass is 32.2. The predicted octanol–water partition coefficient (Wildman–Crippen LogP) is 0.573. The molecule has 0 amide bonds. The number of nitrogens with zero attached hydrogens (tertiary/aromatic N) is 1. The van der Waals surface area contributed by atoms with Crippen LogP contribution >= 0.6 is 0 Å². The fourth-order valence-corrected chi connectivity index (χ4v) is 3.24. The molecular formula is C9H19NO3S. The molecule has 1 heterocycles. The van der Waals surface area contributed by atoms with E-state index in [-0.39, 0.29) is 12.6 Å². The SMILES string of the molecule is CS(=O)(=O)N1CCCCCC1CCO. The first-order chi connectivity index (χ1) is 6.55. The molecule has 0 radical (unpaired) electrons. The molecule has 5 heteroatoms. The molecular weight excluding hydrogens is 202 g/mol. The van der Waals surface area contributed by atoms with E-state index in [2.05, 4.69) is 0 Å². The number of hydrogen-bond donors (Lipinski definition) is 1. The van der Waals surface area contributed by atoms with Gasteiger partial charge in [-0.15, -0.1) is 0 Å². The Hall–Kier alpha value is -0.130. The van der Waals surface area contributed by atoms with Gasteiger partial charge >= 0.3 is 0 Å². The lowest BCUT2D eigenvalue weighted by molar-refractivity contribution is 0.225. The maximum Gasteiger partial charge on any atom is 0.211 e. The molecule has 84 valence electrons. The molecule has 1 fully saturated rings. The minimum atomic E-state index is -3.10. The zero-order valence-corrected chi connectivity index (χ0v) is 9.46. The van der Waals surface area contributed by atoms with Gasteiger partial charge in [-0.05, 0) is 19.3 Å². The summed E-state index contributed by atoms with van der Waals surface area (Å²) < 4.78 is 24.5. The minimum absolute atomic E-state index is 0.0116. The van der Waals surface area contributed by atoms with Gasteiger partial charge in [-0.25, -0.2) is 8.42 Å². The predicted molar refractivity (Wildman–Crippen MR) is 55.5 cm³/mol. The van der Waals surface area contributed by atoms with Crippen molar-refractivity contribution in [3.05, 3.63) is 0 Å². The first-order valence-corrected chi connectivity index (χ1v) is 6.98. The van der Waals surface area contributed by atoms with Crippen LogP contribution in [0.25, 0.3) is 0 Å². The molecule has 0 spiro atoms. The van der Waals surface area contributed by atoms with Gasteiger partial charge in [-0.1, -0.05) is 12.8 Å². The van der Waals surface area contributed by atoms with Crippen LogP contribution in [0.5, 0.6) is 0 Å². The second-order valence-corrected chi connectivity index (χ2v) is 5.82. The van der Waals surface area contributed by atoms with E-state index in [1.807, 2.05) is 0 Å². The molecule has 1 rings (SSSR count).